The van der Waals surface area contributed by atoms with Crippen LogP contribution in [0.25, 0.3) is 16.9 Å². The first-order chi connectivity index (χ1) is 14.6. The molecule has 3 rings (SSSR count). The Balaban J connectivity index is 2.06. The number of alkyl carbamates (subject to hydrolysis) is 2. The van der Waals surface area contributed by atoms with Crippen LogP contribution in [0, 0.1) is 0 Å². The van der Waals surface area contributed by atoms with Crippen molar-refractivity contribution < 1.29 is 19.1 Å². The van der Waals surface area contributed by atoms with Gasteiger partial charge in [-0.15, -0.1) is 0 Å². The van der Waals surface area contributed by atoms with E-state index in [0.29, 0.717) is 11.3 Å². The summed E-state index contributed by atoms with van der Waals surface area (Å²) in [5.41, 5.74) is 2.87. The number of para-hydroxylation sites is 1. The molecule has 0 atom stereocenters. The third-order valence-electron chi connectivity index (χ3n) is 4.20. The average Bonchev–Trinajstić information content (AvgIpc) is 3.20. The van der Waals surface area contributed by atoms with Gasteiger partial charge < -0.3 is 9.47 Å². The van der Waals surface area contributed by atoms with Gasteiger partial charge in [0.25, 0.3) is 0 Å². The van der Waals surface area contributed by atoms with Gasteiger partial charge >= 0.3 is 12.2 Å². The zero-order valence-electron chi connectivity index (χ0n) is 16.9. The molecule has 0 saturated heterocycles. The minimum atomic E-state index is -0.907. The fourth-order valence-electron chi connectivity index (χ4n) is 2.90. The number of nitrogens with zero attached hydrogens (tertiary/aromatic N) is 2. The number of hydrogen-bond donors (Lipinski definition) is 2. The second-order valence-electron chi connectivity index (χ2n) is 6.24. The SMILES string of the molecule is CCOC(=O)NC(NC(=O)OCC)c1cn(-c2ccccc2)nc1-c1ccccc1. The summed E-state index contributed by atoms with van der Waals surface area (Å²) in [6.45, 7) is 3.81. The minimum absolute atomic E-state index is 0.201. The van der Waals surface area contributed by atoms with Gasteiger partial charge in [0.1, 0.15) is 6.17 Å². The number of hydrogen-bond acceptors (Lipinski definition) is 5. The Morgan fingerprint density at radius 3 is 1.97 bits per heavy atom. The van der Waals surface area contributed by atoms with Crippen LogP contribution in [0.2, 0.25) is 0 Å². The van der Waals surface area contributed by atoms with Gasteiger partial charge in [-0.05, 0) is 26.0 Å². The molecule has 2 aromatic carbocycles. The number of aromatic nitrogens is 2. The third kappa shape index (κ3) is 5.16. The highest BCUT2D eigenvalue weighted by Gasteiger charge is 2.25. The van der Waals surface area contributed by atoms with Crippen molar-refractivity contribution in [2.75, 3.05) is 13.2 Å². The van der Waals surface area contributed by atoms with Crippen LogP contribution in [0.15, 0.2) is 66.9 Å². The molecule has 8 nitrogen and oxygen atoms in total. The van der Waals surface area contributed by atoms with Gasteiger partial charge in [0.05, 0.1) is 24.6 Å². The molecule has 1 heterocycles. The maximum Gasteiger partial charge on any atom is 0.409 e. The second-order valence-corrected chi connectivity index (χ2v) is 6.24. The smallest absolute Gasteiger partial charge is 0.409 e. The summed E-state index contributed by atoms with van der Waals surface area (Å²) in [5.74, 6) is 0. The highest BCUT2D eigenvalue weighted by molar-refractivity contribution is 5.73. The molecule has 0 aliphatic heterocycles. The van der Waals surface area contributed by atoms with Crippen LogP contribution in [-0.4, -0.2) is 35.2 Å². The van der Waals surface area contributed by atoms with Crippen LogP contribution in [0.5, 0.6) is 0 Å². The van der Waals surface area contributed by atoms with E-state index < -0.39 is 18.4 Å². The number of amides is 2. The molecule has 2 amide bonds. The maximum atomic E-state index is 12.1. The largest absolute Gasteiger partial charge is 0.450 e. The quantitative estimate of drug-likeness (QED) is 0.576. The van der Waals surface area contributed by atoms with Gasteiger partial charge in [0.15, 0.2) is 0 Å². The maximum absolute atomic E-state index is 12.1. The first-order valence-corrected chi connectivity index (χ1v) is 9.69. The van der Waals surface area contributed by atoms with Crippen molar-refractivity contribution in [1.29, 1.82) is 0 Å². The number of benzene rings is 2. The molecule has 0 aliphatic carbocycles. The van der Waals surface area contributed by atoms with Crippen molar-refractivity contribution in [1.82, 2.24) is 20.4 Å². The second kappa shape index (κ2) is 10.1. The van der Waals surface area contributed by atoms with Gasteiger partial charge in [0.2, 0.25) is 0 Å². The van der Waals surface area contributed by atoms with Crippen LogP contribution in [0.4, 0.5) is 9.59 Å². The molecule has 2 N–H and O–H groups in total. The molecule has 3 aromatic rings. The van der Waals surface area contributed by atoms with Gasteiger partial charge in [-0.25, -0.2) is 14.3 Å². The van der Waals surface area contributed by atoms with Crippen molar-refractivity contribution in [3.63, 3.8) is 0 Å². The van der Waals surface area contributed by atoms with Crippen molar-refractivity contribution in [2.24, 2.45) is 0 Å². The molecule has 30 heavy (non-hydrogen) atoms. The lowest BCUT2D eigenvalue weighted by atomic mass is 10.1. The molecule has 0 aliphatic rings. The number of rotatable bonds is 7. The number of ether oxygens (including phenoxy) is 2. The predicted octanol–water partition coefficient (Wildman–Crippen LogP) is 4.03. The van der Waals surface area contributed by atoms with Crippen LogP contribution in [0.3, 0.4) is 0 Å². The lowest BCUT2D eigenvalue weighted by Gasteiger charge is -2.19. The Morgan fingerprint density at radius 1 is 0.900 bits per heavy atom. The summed E-state index contributed by atoms with van der Waals surface area (Å²) in [4.78, 5) is 24.3. The van der Waals surface area contributed by atoms with Crippen molar-refractivity contribution in [3.8, 4) is 16.9 Å². The number of carbonyl (C=O) groups is 2. The highest BCUT2D eigenvalue weighted by Crippen LogP contribution is 2.27. The average molecular weight is 408 g/mol. The molecule has 0 fully saturated rings. The molecule has 0 saturated carbocycles. The minimum Gasteiger partial charge on any atom is -0.450 e. The Kier molecular flexibility index (Phi) is 7.05. The van der Waals surface area contributed by atoms with Gasteiger partial charge in [-0.1, -0.05) is 48.5 Å². The molecule has 0 spiro atoms. The topological polar surface area (TPSA) is 94.5 Å². The van der Waals surface area contributed by atoms with E-state index in [9.17, 15) is 9.59 Å². The fourth-order valence-corrected chi connectivity index (χ4v) is 2.90. The van der Waals surface area contributed by atoms with E-state index in [2.05, 4.69) is 10.6 Å². The van der Waals surface area contributed by atoms with E-state index in [1.165, 1.54) is 0 Å². The van der Waals surface area contributed by atoms with Gasteiger partial charge in [0, 0.05) is 17.3 Å². The molecule has 8 heteroatoms. The zero-order chi connectivity index (χ0) is 21.3. The van der Waals surface area contributed by atoms with Crippen LogP contribution in [-0.2, 0) is 9.47 Å². The molecule has 0 bridgehead atoms. The molecule has 156 valence electrons. The van der Waals surface area contributed by atoms with E-state index >= 15 is 0 Å². The third-order valence-corrected chi connectivity index (χ3v) is 4.20. The van der Waals surface area contributed by atoms with E-state index in [0.717, 1.165) is 11.3 Å². The lowest BCUT2D eigenvalue weighted by molar-refractivity contribution is 0.135. The summed E-state index contributed by atoms with van der Waals surface area (Å²) >= 11 is 0. The number of nitrogens with one attached hydrogen (secondary N) is 2. The summed E-state index contributed by atoms with van der Waals surface area (Å²) in [6.07, 6.45) is -0.465. The molecular formula is C22H24N4O4. The lowest BCUT2D eigenvalue weighted by Crippen LogP contribution is -2.41. The summed E-state index contributed by atoms with van der Waals surface area (Å²) < 4.78 is 11.7. The van der Waals surface area contributed by atoms with E-state index in [-0.39, 0.29) is 13.2 Å². The fraction of sp³-hybridized carbons (Fsp3) is 0.227. The number of carbonyl (C=O) groups excluding carboxylic acids is 2. The van der Waals surface area contributed by atoms with Crippen LogP contribution >= 0.6 is 0 Å². The molecule has 0 unspecified atom stereocenters. The molecular weight excluding hydrogens is 384 g/mol. The van der Waals surface area contributed by atoms with E-state index in [1.807, 2.05) is 60.7 Å². The van der Waals surface area contributed by atoms with Gasteiger partial charge in [-0.2, -0.15) is 5.10 Å². The van der Waals surface area contributed by atoms with Crippen LogP contribution in [0.1, 0.15) is 25.6 Å². The summed E-state index contributed by atoms with van der Waals surface area (Å²) in [7, 11) is 0. The standard InChI is InChI=1S/C22H24N4O4/c1-3-29-21(27)23-20(24-22(28)30-4-2)18-15-26(17-13-9-6-10-14-17)25-19(18)16-11-7-5-8-12-16/h5-15,20H,3-4H2,1-2H3,(H,23,27)(H,24,28). The Morgan fingerprint density at radius 2 is 1.43 bits per heavy atom. The summed E-state index contributed by atoms with van der Waals surface area (Å²) in [5, 5.41) is 10.1. The van der Waals surface area contributed by atoms with Crippen molar-refractivity contribution in [2.45, 2.75) is 20.0 Å². The predicted molar refractivity (Wildman–Crippen MR) is 112 cm³/mol. The highest BCUT2D eigenvalue weighted by atomic mass is 16.6. The van der Waals surface area contributed by atoms with Crippen LogP contribution < -0.4 is 10.6 Å². The first-order valence-electron chi connectivity index (χ1n) is 9.69. The van der Waals surface area contributed by atoms with E-state index in [1.54, 1.807) is 24.7 Å². The Labute approximate surface area is 174 Å². The van der Waals surface area contributed by atoms with Gasteiger partial charge in [-0.3, -0.25) is 10.6 Å². The molecule has 0 radical (unpaired) electrons. The van der Waals surface area contributed by atoms with E-state index in [4.69, 9.17) is 14.6 Å². The summed E-state index contributed by atoms with van der Waals surface area (Å²) in [6, 6.07) is 19.1. The Hall–Kier alpha value is -3.81. The Bertz CT molecular complexity index is 953. The first kappa shape index (κ1) is 20.9. The monoisotopic (exact) mass is 408 g/mol. The zero-order valence-corrected chi connectivity index (χ0v) is 16.9. The normalized spacial score (nSPS) is 10.5. The van der Waals surface area contributed by atoms with Crippen molar-refractivity contribution >= 4 is 12.2 Å². The van der Waals surface area contributed by atoms with Crippen molar-refractivity contribution in [3.05, 3.63) is 72.4 Å². The molecule has 1 aromatic heterocycles.